The smallest absolute Gasteiger partial charge is 0.0944 e. The number of aliphatic hydroxyl groups is 1. The molecule has 0 aliphatic carbocycles. The van der Waals surface area contributed by atoms with Crippen molar-refractivity contribution >= 4 is 0 Å². The molecule has 3 nitrogen and oxygen atoms in total. The summed E-state index contributed by atoms with van der Waals surface area (Å²) in [4.78, 5) is 0. The van der Waals surface area contributed by atoms with Crippen molar-refractivity contribution in [3.8, 4) is 0 Å². The van der Waals surface area contributed by atoms with E-state index in [-0.39, 0.29) is 6.04 Å². The summed E-state index contributed by atoms with van der Waals surface area (Å²) < 4.78 is 5.07. The van der Waals surface area contributed by atoms with Gasteiger partial charge in [0.2, 0.25) is 0 Å². The van der Waals surface area contributed by atoms with Gasteiger partial charge in [-0.25, -0.2) is 0 Å². The third-order valence-corrected chi connectivity index (χ3v) is 3.35. The minimum absolute atomic E-state index is 0.314. The van der Waals surface area contributed by atoms with Crippen molar-refractivity contribution in [3.63, 3.8) is 0 Å². The first-order chi connectivity index (χ1) is 9.70. The quantitative estimate of drug-likeness (QED) is 0.848. The molecule has 0 radical (unpaired) electrons. The van der Waals surface area contributed by atoms with Crippen molar-refractivity contribution in [2.75, 3.05) is 7.11 Å². The highest BCUT2D eigenvalue weighted by molar-refractivity contribution is 5.25. The Morgan fingerprint density at radius 3 is 2.25 bits per heavy atom. The van der Waals surface area contributed by atoms with Crippen LogP contribution in [0.2, 0.25) is 0 Å². The molecule has 2 atom stereocenters. The molecule has 106 valence electrons. The first-order valence-corrected chi connectivity index (χ1v) is 6.76. The molecule has 3 N–H and O–H groups in total. The number of aliphatic hydroxyl groups excluding tert-OH is 1. The molecule has 3 heteroatoms. The third kappa shape index (κ3) is 3.90. The second-order valence-corrected chi connectivity index (χ2v) is 4.97. The van der Waals surface area contributed by atoms with Crippen LogP contribution in [-0.4, -0.2) is 18.3 Å². The molecule has 0 bridgehead atoms. The molecule has 2 aromatic carbocycles. The fourth-order valence-corrected chi connectivity index (χ4v) is 2.22. The van der Waals surface area contributed by atoms with Crippen molar-refractivity contribution in [1.29, 1.82) is 0 Å². The summed E-state index contributed by atoms with van der Waals surface area (Å²) in [6.45, 7) is 0.576. The SMILES string of the molecule is COCc1ccc(C(O)C(N)Cc2ccccc2)cc1. The molecule has 2 unspecified atom stereocenters. The average molecular weight is 271 g/mol. The summed E-state index contributed by atoms with van der Waals surface area (Å²) in [6.07, 6.45) is -0.00578. The van der Waals surface area contributed by atoms with Crippen LogP contribution < -0.4 is 5.73 Å². The van der Waals surface area contributed by atoms with Crippen LogP contribution in [0.1, 0.15) is 22.8 Å². The Morgan fingerprint density at radius 2 is 1.65 bits per heavy atom. The molecular formula is C17H21NO2. The molecule has 2 aromatic rings. The van der Waals surface area contributed by atoms with Gasteiger partial charge in [0.1, 0.15) is 0 Å². The number of hydrogen-bond donors (Lipinski definition) is 2. The van der Waals surface area contributed by atoms with Gasteiger partial charge < -0.3 is 15.6 Å². The average Bonchev–Trinajstić information content (AvgIpc) is 2.48. The Balaban J connectivity index is 2.00. The highest BCUT2D eigenvalue weighted by Crippen LogP contribution is 2.19. The lowest BCUT2D eigenvalue weighted by atomic mass is 9.96. The highest BCUT2D eigenvalue weighted by Gasteiger charge is 2.17. The zero-order chi connectivity index (χ0) is 14.4. The van der Waals surface area contributed by atoms with Gasteiger partial charge in [-0.05, 0) is 23.1 Å². The van der Waals surface area contributed by atoms with Crippen LogP contribution in [0.15, 0.2) is 54.6 Å². The van der Waals surface area contributed by atoms with Gasteiger partial charge in [-0.3, -0.25) is 0 Å². The van der Waals surface area contributed by atoms with Crippen molar-refractivity contribution in [2.24, 2.45) is 5.73 Å². The molecular weight excluding hydrogens is 250 g/mol. The molecule has 0 aliphatic heterocycles. The lowest BCUT2D eigenvalue weighted by Crippen LogP contribution is -2.30. The van der Waals surface area contributed by atoms with Crippen molar-refractivity contribution in [2.45, 2.75) is 25.2 Å². The maximum absolute atomic E-state index is 10.3. The van der Waals surface area contributed by atoms with E-state index < -0.39 is 6.10 Å². The maximum Gasteiger partial charge on any atom is 0.0944 e. The Kier molecular flexibility index (Phi) is 5.30. The number of nitrogens with two attached hydrogens (primary N) is 1. The topological polar surface area (TPSA) is 55.5 Å². The van der Waals surface area contributed by atoms with E-state index in [1.807, 2.05) is 54.6 Å². The van der Waals surface area contributed by atoms with Gasteiger partial charge in [-0.1, -0.05) is 54.6 Å². The van der Waals surface area contributed by atoms with Crippen LogP contribution in [0.4, 0.5) is 0 Å². The zero-order valence-corrected chi connectivity index (χ0v) is 11.7. The van der Waals surface area contributed by atoms with E-state index in [1.54, 1.807) is 7.11 Å². The van der Waals surface area contributed by atoms with E-state index in [1.165, 1.54) is 0 Å². The van der Waals surface area contributed by atoms with E-state index >= 15 is 0 Å². The van der Waals surface area contributed by atoms with E-state index in [9.17, 15) is 5.11 Å². The molecule has 0 aromatic heterocycles. The van der Waals surface area contributed by atoms with Crippen LogP contribution in [0.5, 0.6) is 0 Å². The monoisotopic (exact) mass is 271 g/mol. The highest BCUT2D eigenvalue weighted by atomic mass is 16.5. The molecule has 0 amide bonds. The number of methoxy groups -OCH3 is 1. The van der Waals surface area contributed by atoms with E-state index in [0.717, 1.165) is 16.7 Å². The second-order valence-electron chi connectivity index (χ2n) is 4.97. The molecule has 0 saturated carbocycles. The Labute approximate surface area is 120 Å². The molecule has 0 fully saturated rings. The fourth-order valence-electron chi connectivity index (χ4n) is 2.22. The predicted octanol–water partition coefficient (Wildman–Crippen LogP) is 2.44. The van der Waals surface area contributed by atoms with Gasteiger partial charge in [0.05, 0.1) is 12.7 Å². The van der Waals surface area contributed by atoms with Crippen molar-refractivity contribution < 1.29 is 9.84 Å². The van der Waals surface area contributed by atoms with E-state index in [4.69, 9.17) is 10.5 Å². The molecule has 20 heavy (non-hydrogen) atoms. The maximum atomic E-state index is 10.3. The minimum Gasteiger partial charge on any atom is -0.387 e. The summed E-state index contributed by atoms with van der Waals surface area (Å²) in [7, 11) is 1.67. The van der Waals surface area contributed by atoms with Crippen molar-refractivity contribution in [1.82, 2.24) is 0 Å². The number of hydrogen-bond acceptors (Lipinski definition) is 3. The largest absolute Gasteiger partial charge is 0.387 e. The summed E-state index contributed by atoms with van der Waals surface area (Å²) in [5, 5.41) is 10.3. The number of ether oxygens (including phenoxy) is 1. The van der Waals surface area contributed by atoms with Gasteiger partial charge in [0.25, 0.3) is 0 Å². The fraction of sp³-hybridized carbons (Fsp3) is 0.294. The molecule has 2 rings (SSSR count). The normalized spacial score (nSPS) is 13.9. The second kappa shape index (κ2) is 7.20. The van der Waals surface area contributed by atoms with Gasteiger partial charge in [-0.2, -0.15) is 0 Å². The number of rotatable bonds is 6. The summed E-state index contributed by atoms with van der Waals surface area (Å²) in [6, 6.07) is 17.4. The lowest BCUT2D eigenvalue weighted by Gasteiger charge is -2.19. The van der Waals surface area contributed by atoms with Crippen LogP contribution >= 0.6 is 0 Å². The molecule has 0 heterocycles. The minimum atomic E-state index is -0.660. The molecule has 0 saturated heterocycles. The summed E-state index contributed by atoms with van der Waals surface area (Å²) >= 11 is 0. The zero-order valence-electron chi connectivity index (χ0n) is 11.7. The Bertz CT molecular complexity index is 510. The van der Waals surface area contributed by atoms with Gasteiger partial charge >= 0.3 is 0 Å². The van der Waals surface area contributed by atoms with E-state index in [0.29, 0.717) is 13.0 Å². The van der Waals surface area contributed by atoms with Gasteiger partial charge in [0.15, 0.2) is 0 Å². The first kappa shape index (κ1) is 14.7. The van der Waals surface area contributed by atoms with Crippen LogP contribution in [-0.2, 0) is 17.8 Å². The number of benzene rings is 2. The molecule has 0 aliphatic rings. The Morgan fingerprint density at radius 1 is 1.00 bits per heavy atom. The van der Waals surface area contributed by atoms with Crippen LogP contribution in [0, 0.1) is 0 Å². The lowest BCUT2D eigenvalue weighted by molar-refractivity contribution is 0.146. The van der Waals surface area contributed by atoms with Crippen molar-refractivity contribution in [3.05, 3.63) is 71.3 Å². The summed E-state index contributed by atoms with van der Waals surface area (Å²) in [5.41, 5.74) is 9.16. The van der Waals surface area contributed by atoms with Gasteiger partial charge in [-0.15, -0.1) is 0 Å². The molecule has 0 spiro atoms. The van der Waals surface area contributed by atoms with E-state index in [2.05, 4.69) is 0 Å². The third-order valence-electron chi connectivity index (χ3n) is 3.35. The van der Waals surface area contributed by atoms with Crippen LogP contribution in [0.3, 0.4) is 0 Å². The Hall–Kier alpha value is -1.68. The summed E-state index contributed by atoms with van der Waals surface area (Å²) in [5.74, 6) is 0. The van der Waals surface area contributed by atoms with Crippen LogP contribution in [0.25, 0.3) is 0 Å². The standard InChI is InChI=1S/C17H21NO2/c1-20-12-14-7-9-15(10-8-14)17(19)16(18)11-13-5-3-2-4-6-13/h2-10,16-17,19H,11-12,18H2,1H3. The first-order valence-electron chi connectivity index (χ1n) is 6.76. The van der Waals surface area contributed by atoms with Gasteiger partial charge in [0, 0.05) is 13.2 Å². The predicted molar refractivity (Wildman–Crippen MR) is 80.2 cm³/mol.